The minimum Gasteiger partial charge on any atom is -0.457 e. The van der Waals surface area contributed by atoms with Crippen LogP contribution in [0.25, 0.3) is 0 Å². The molecule has 31 heavy (non-hydrogen) atoms. The number of benzene rings is 2. The van der Waals surface area contributed by atoms with E-state index in [1.54, 1.807) is 6.07 Å². The molecule has 0 atom stereocenters. The predicted octanol–water partition coefficient (Wildman–Crippen LogP) is 2.23. The van der Waals surface area contributed by atoms with E-state index in [0.717, 1.165) is 24.8 Å². The maximum absolute atomic E-state index is 12.3. The highest BCUT2D eigenvalue weighted by molar-refractivity contribution is 7.89. The third kappa shape index (κ3) is 6.22. The van der Waals surface area contributed by atoms with Crippen LogP contribution >= 0.6 is 0 Å². The van der Waals surface area contributed by atoms with Gasteiger partial charge >= 0.3 is 5.97 Å². The van der Waals surface area contributed by atoms with Crippen molar-refractivity contribution in [1.82, 2.24) is 4.72 Å². The van der Waals surface area contributed by atoms with E-state index >= 15 is 0 Å². The molecular weight excluding hydrogens is 420 g/mol. The van der Waals surface area contributed by atoms with Gasteiger partial charge in [0.2, 0.25) is 15.9 Å². The van der Waals surface area contributed by atoms with Crippen molar-refractivity contribution in [3.8, 4) is 0 Å². The molecule has 0 spiro atoms. The van der Waals surface area contributed by atoms with Crippen molar-refractivity contribution >= 4 is 33.4 Å². The molecule has 1 aliphatic rings. The second kappa shape index (κ2) is 9.84. The molecular formula is C22H24N2O6S. The first kappa shape index (κ1) is 22.6. The fraction of sp³-hybridized carbons (Fsp3) is 0.318. The Morgan fingerprint density at radius 1 is 1.00 bits per heavy atom. The van der Waals surface area contributed by atoms with Gasteiger partial charge in [0.1, 0.15) is 0 Å². The van der Waals surface area contributed by atoms with Gasteiger partial charge in [-0.3, -0.25) is 14.4 Å². The number of esters is 1. The van der Waals surface area contributed by atoms with Crippen LogP contribution in [0.1, 0.15) is 41.3 Å². The van der Waals surface area contributed by atoms with Crippen molar-refractivity contribution in [2.45, 2.75) is 37.5 Å². The summed E-state index contributed by atoms with van der Waals surface area (Å²) in [6.45, 7) is 0.807. The summed E-state index contributed by atoms with van der Waals surface area (Å²) < 4.78 is 31.9. The molecule has 1 aliphatic carbocycles. The molecule has 0 aromatic heterocycles. The van der Waals surface area contributed by atoms with E-state index in [2.05, 4.69) is 10.0 Å². The Hall–Kier alpha value is -3.04. The zero-order valence-electron chi connectivity index (χ0n) is 17.1. The lowest BCUT2D eigenvalue weighted by molar-refractivity contribution is -0.142. The molecule has 3 rings (SSSR count). The molecule has 8 nitrogen and oxygen atoms in total. The molecule has 0 radical (unpaired) electrons. The highest BCUT2D eigenvalue weighted by Crippen LogP contribution is 2.23. The van der Waals surface area contributed by atoms with Crippen LogP contribution in [-0.4, -0.2) is 39.2 Å². The van der Waals surface area contributed by atoms with Crippen molar-refractivity contribution in [3.63, 3.8) is 0 Å². The van der Waals surface area contributed by atoms with Gasteiger partial charge in [-0.25, -0.2) is 13.1 Å². The number of nitrogens with one attached hydrogen (secondary N) is 2. The Bertz CT molecular complexity index is 1090. The summed E-state index contributed by atoms with van der Waals surface area (Å²) in [6.07, 6.45) is 2.85. The lowest BCUT2D eigenvalue weighted by atomic mass is 10.0. The standard InChI is InChI=1S/C22H24N2O6S/c1-15(25)24-19-7-9-20(10-8-19)31(28,29)23-12-11-22(27)30-14-21(26)18-6-5-16-3-2-4-17(16)13-18/h5-10,13,23H,2-4,11-12,14H2,1H3,(H,24,25). The SMILES string of the molecule is CC(=O)Nc1ccc(S(=O)(=O)NCCC(=O)OCC(=O)c2ccc3c(c2)CCC3)cc1. The minimum atomic E-state index is -3.82. The molecule has 164 valence electrons. The minimum absolute atomic E-state index is 0.00163. The number of carbonyl (C=O) groups is 3. The van der Waals surface area contributed by atoms with Crippen molar-refractivity contribution in [2.24, 2.45) is 0 Å². The first-order valence-corrected chi connectivity index (χ1v) is 11.4. The molecule has 2 aromatic carbocycles. The van der Waals surface area contributed by atoms with Gasteiger partial charge in [0.15, 0.2) is 12.4 Å². The topological polar surface area (TPSA) is 119 Å². The molecule has 0 saturated carbocycles. The number of amides is 1. The zero-order valence-corrected chi connectivity index (χ0v) is 18.0. The summed E-state index contributed by atoms with van der Waals surface area (Å²) >= 11 is 0. The molecule has 0 unspecified atom stereocenters. The van der Waals surface area contributed by atoms with Gasteiger partial charge in [0.05, 0.1) is 11.3 Å². The number of ketones is 1. The lowest BCUT2D eigenvalue weighted by Crippen LogP contribution is -2.27. The number of fused-ring (bicyclic) bond motifs is 1. The third-order valence-electron chi connectivity index (χ3n) is 4.89. The Balaban J connectivity index is 1.44. The maximum Gasteiger partial charge on any atom is 0.307 e. The average molecular weight is 445 g/mol. The van der Waals surface area contributed by atoms with Gasteiger partial charge in [-0.2, -0.15) is 0 Å². The molecule has 2 N–H and O–H groups in total. The van der Waals surface area contributed by atoms with Crippen LogP contribution in [0.15, 0.2) is 47.4 Å². The number of hydrogen-bond donors (Lipinski definition) is 2. The molecule has 0 heterocycles. The van der Waals surface area contributed by atoms with Crippen LogP contribution in [0.4, 0.5) is 5.69 Å². The van der Waals surface area contributed by atoms with Gasteiger partial charge in [0.25, 0.3) is 0 Å². The molecule has 1 amide bonds. The van der Waals surface area contributed by atoms with Crippen LogP contribution < -0.4 is 10.0 Å². The predicted molar refractivity (Wildman–Crippen MR) is 114 cm³/mol. The Morgan fingerprint density at radius 3 is 2.42 bits per heavy atom. The number of carbonyl (C=O) groups excluding carboxylic acids is 3. The lowest BCUT2D eigenvalue weighted by Gasteiger charge is -2.09. The zero-order chi connectivity index (χ0) is 22.4. The number of rotatable bonds is 9. The summed E-state index contributed by atoms with van der Waals surface area (Å²) in [6, 6.07) is 11.2. The van der Waals surface area contributed by atoms with Crippen molar-refractivity contribution in [3.05, 3.63) is 59.2 Å². The van der Waals surface area contributed by atoms with Gasteiger partial charge in [-0.05, 0) is 60.7 Å². The third-order valence-corrected chi connectivity index (χ3v) is 6.37. The number of anilines is 1. The van der Waals surface area contributed by atoms with Crippen LogP contribution in [0, 0.1) is 0 Å². The van der Waals surface area contributed by atoms with E-state index in [1.807, 2.05) is 12.1 Å². The van der Waals surface area contributed by atoms with Crippen LogP contribution in [-0.2, 0) is 37.2 Å². The fourth-order valence-electron chi connectivity index (χ4n) is 3.34. The maximum atomic E-state index is 12.3. The van der Waals surface area contributed by atoms with E-state index in [9.17, 15) is 22.8 Å². The smallest absolute Gasteiger partial charge is 0.307 e. The van der Waals surface area contributed by atoms with Gasteiger partial charge < -0.3 is 10.1 Å². The first-order chi connectivity index (χ1) is 14.7. The summed E-state index contributed by atoms with van der Waals surface area (Å²) in [5.74, 6) is -1.22. The Kier molecular flexibility index (Phi) is 7.19. The van der Waals surface area contributed by atoms with E-state index < -0.39 is 16.0 Å². The fourth-order valence-corrected chi connectivity index (χ4v) is 4.37. The molecule has 0 aliphatic heterocycles. The Morgan fingerprint density at radius 2 is 1.71 bits per heavy atom. The summed E-state index contributed by atoms with van der Waals surface area (Å²) in [5.41, 5.74) is 3.40. The van der Waals surface area contributed by atoms with E-state index in [0.29, 0.717) is 11.3 Å². The number of ether oxygens (including phenoxy) is 1. The van der Waals surface area contributed by atoms with Gasteiger partial charge in [-0.1, -0.05) is 12.1 Å². The number of aryl methyl sites for hydroxylation is 2. The summed E-state index contributed by atoms with van der Waals surface area (Å²) in [4.78, 5) is 35.1. The highest BCUT2D eigenvalue weighted by Gasteiger charge is 2.17. The van der Waals surface area contributed by atoms with Crippen LogP contribution in [0.2, 0.25) is 0 Å². The van der Waals surface area contributed by atoms with Crippen molar-refractivity contribution in [2.75, 3.05) is 18.5 Å². The molecule has 0 bridgehead atoms. The molecule has 0 saturated heterocycles. The normalized spacial score (nSPS) is 12.8. The Labute approximate surface area is 181 Å². The van der Waals surface area contributed by atoms with E-state index in [1.165, 1.54) is 36.8 Å². The molecule has 9 heteroatoms. The van der Waals surface area contributed by atoms with Crippen molar-refractivity contribution < 1.29 is 27.5 Å². The van der Waals surface area contributed by atoms with Crippen LogP contribution in [0.3, 0.4) is 0 Å². The second-order valence-electron chi connectivity index (χ2n) is 7.27. The van der Waals surface area contributed by atoms with E-state index in [-0.39, 0.29) is 36.2 Å². The molecule has 0 fully saturated rings. The largest absolute Gasteiger partial charge is 0.457 e. The van der Waals surface area contributed by atoms with Gasteiger partial charge in [0, 0.05) is 24.7 Å². The summed E-state index contributed by atoms with van der Waals surface area (Å²) in [5, 5.41) is 2.55. The quantitative estimate of drug-likeness (QED) is 0.452. The first-order valence-electron chi connectivity index (χ1n) is 9.92. The monoisotopic (exact) mass is 444 g/mol. The number of hydrogen-bond acceptors (Lipinski definition) is 6. The van der Waals surface area contributed by atoms with Gasteiger partial charge in [-0.15, -0.1) is 0 Å². The number of sulfonamides is 1. The average Bonchev–Trinajstić information content (AvgIpc) is 3.19. The summed E-state index contributed by atoms with van der Waals surface area (Å²) in [7, 11) is -3.82. The van der Waals surface area contributed by atoms with E-state index in [4.69, 9.17) is 4.74 Å². The molecule has 2 aromatic rings. The second-order valence-corrected chi connectivity index (χ2v) is 9.04. The van der Waals surface area contributed by atoms with Crippen molar-refractivity contribution in [1.29, 1.82) is 0 Å². The number of Topliss-reactive ketones (excluding diaryl/α,β-unsaturated/α-hetero) is 1. The highest BCUT2D eigenvalue weighted by atomic mass is 32.2. The van der Waals surface area contributed by atoms with Crippen LogP contribution in [0.5, 0.6) is 0 Å².